The van der Waals surface area contributed by atoms with Gasteiger partial charge in [0.15, 0.2) is 0 Å². The van der Waals surface area contributed by atoms with Gasteiger partial charge in [-0.15, -0.1) is 0 Å². The Kier molecular flexibility index (Phi) is 5.47. The number of hydrogen-bond acceptors (Lipinski definition) is 8. The molecule has 138 valence electrons. The lowest BCUT2D eigenvalue weighted by atomic mass is 10.2. The van der Waals surface area contributed by atoms with Crippen LogP contribution in [0.4, 0.5) is 23.3 Å². The fraction of sp³-hybridized carbons (Fsp3) is 0.412. The summed E-state index contributed by atoms with van der Waals surface area (Å²) in [5, 5.41) is 14.4. The zero-order chi connectivity index (χ0) is 18.5. The molecule has 0 unspecified atom stereocenters. The topological polar surface area (TPSA) is 119 Å². The largest absolute Gasteiger partial charge is 0.378 e. The molecule has 1 aliphatic rings. The van der Waals surface area contributed by atoms with E-state index in [0.29, 0.717) is 25.6 Å². The number of benzene rings is 1. The van der Waals surface area contributed by atoms with Gasteiger partial charge in [0.05, 0.1) is 11.0 Å². The van der Waals surface area contributed by atoms with E-state index in [-0.39, 0.29) is 23.4 Å². The first-order valence-electron chi connectivity index (χ1n) is 8.47. The second kappa shape index (κ2) is 7.96. The summed E-state index contributed by atoms with van der Waals surface area (Å²) in [7, 11) is 1.82. The van der Waals surface area contributed by atoms with E-state index in [4.69, 9.17) is 10.5 Å². The molecular formula is C17H22N6O3. The Bertz CT molecular complexity index is 765. The lowest BCUT2D eigenvalue weighted by Crippen LogP contribution is -2.23. The van der Waals surface area contributed by atoms with Crippen LogP contribution in [-0.2, 0) is 11.3 Å². The number of nitrogen functional groups attached to an aromatic ring is 1. The van der Waals surface area contributed by atoms with Gasteiger partial charge in [0.25, 0.3) is 0 Å². The van der Waals surface area contributed by atoms with E-state index in [0.717, 1.165) is 18.4 Å². The van der Waals surface area contributed by atoms with Crippen molar-refractivity contribution in [1.82, 2.24) is 9.97 Å². The predicted molar refractivity (Wildman–Crippen MR) is 99.1 cm³/mol. The molecule has 1 aromatic heterocycles. The van der Waals surface area contributed by atoms with Crippen molar-refractivity contribution in [3.8, 4) is 0 Å². The van der Waals surface area contributed by atoms with Gasteiger partial charge in [0.1, 0.15) is 0 Å². The van der Waals surface area contributed by atoms with Crippen molar-refractivity contribution in [2.45, 2.75) is 25.5 Å². The normalized spacial score (nSPS) is 16.4. The van der Waals surface area contributed by atoms with Crippen LogP contribution in [0.2, 0.25) is 0 Å². The molecule has 0 radical (unpaired) electrons. The van der Waals surface area contributed by atoms with Crippen LogP contribution in [0.3, 0.4) is 0 Å². The molecule has 0 amide bonds. The molecule has 2 aromatic rings. The molecule has 9 nitrogen and oxygen atoms in total. The van der Waals surface area contributed by atoms with Gasteiger partial charge < -0.3 is 20.7 Å². The predicted octanol–water partition coefficient (Wildman–Crippen LogP) is 2.19. The molecule has 0 saturated carbocycles. The average molecular weight is 358 g/mol. The highest BCUT2D eigenvalue weighted by Crippen LogP contribution is 2.30. The Morgan fingerprint density at radius 1 is 1.38 bits per heavy atom. The first kappa shape index (κ1) is 17.9. The number of nitrogens with zero attached hydrogens (tertiary/aromatic N) is 4. The van der Waals surface area contributed by atoms with Crippen LogP contribution in [0.25, 0.3) is 0 Å². The van der Waals surface area contributed by atoms with Crippen molar-refractivity contribution in [2.24, 2.45) is 0 Å². The molecule has 1 aromatic carbocycles. The maximum absolute atomic E-state index is 11.4. The van der Waals surface area contributed by atoms with Crippen LogP contribution in [0, 0.1) is 10.1 Å². The minimum atomic E-state index is -0.561. The van der Waals surface area contributed by atoms with Crippen molar-refractivity contribution in [3.63, 3.8) is 0 Å². The summed E-state index contributed by atoms with van der Waals surface area (Å²) in [6.07, 6.45) is 1.93. The minimum absolute atomic E-state index is 0.0243. The third-order valence-corrected chi connectivity index (χ3v) is 4.21. The molecule has 0 bridgehead atoms. The summed E-state index contributed by atoms with van der Waals surface area (Å²) in [6.45, 7) is 1.72. The van der Waals surface area contributed by atoms with Gasteiger partial charge in [-0.05, 0) is 18.4 Å². The number of aromatic nitrogens is 2. The highest BCUT2D eigenvalue weighted by atomic mass is 16.6. The summed E-state index contributed by atoms with van der Waals surface area (Å²) in [6, 6.07) is 9.81. The van der Waals surface area contributed by atoms with Crippen LogP contribution < -0.4 is 16.0 Å². The molecule has 9 heteroatoms. The van der Waals surface area contributed by atoms with Crippen LogP contribution in [0.15, 0.2) is 30.3 Å². The van der Waals surface area contributed by atoms with Gasteiger partial charge in [0, 0.05) is 26.7 Å². The number of nitrogens with one attached hydrogen (secondary N) is 1. The third kappa shape index (κ3) is 4.17. The van der Waals surface area contributed by atoms with Crippen LogP contribution >= 0.6 is 0 Å². The molecular weight excluding hydrogens is 336 g/mol. The van der Waals surface area contributed by atoms with E-state index < -0.39 is 4.92 Å². The zero-order valence-corrected chi connectivity index (χ0v) is 14.6. The number of nitrogens with two attached hydrogens (primary N) is 1. The van der Waals surface area contributed by atoms with E-state index >= 15 is 0 Å². The molecule has 3 rings (SSSR count). The highest BCUT2D eigenvalue weighted by molar-refractivity contribution is 5.70. The molecule has 1 aliphatic heterocycles. The Balaban J connectivity index is 1.82. The third-order valence-electron chi connectivity index (χ3n) is 4.21. The summed E-state index contributed by atoms with van der Waals surface area (Å²) < 4.78 is 5.54. The molecule has 3 N–H and O–H groups in total. The maximum atomic E-state index is 11.4. The van der Waals surface area contributed by atoms with E-state index in [9.17, 15) is 10.1 Å². The first-order valence-corrected chi connectivity index (χ1v) is 8.47. The van der Waals surface area contributed by atoms with E-state index in [1.807, 2.05) is 37.4 Å². The SMILES string of the molecule is CN(Cc1ccccc1)c1nc(N)c([N+](=O)[O-])c(NC[C@@H]2CCCO2)n1. The number of ether oxygens (including phenoxy) is 1. The van der Waals surface area contributed by atoms with Crippen LogP contribution in [0.5, 0.6) is 0 Å². The van der Waals surface area contributed by atoms with Crippen molar-refractivity contribution in [1.29, 1.82) is 0 Å². The molecule has 1 fully saturated rings. The van der Waals surface area contributed by atoms with Gasteiger partial charge in [-0.1, -0.05) is 30.3 Å². The average Bonchev–Trinajstić information content (AvgIpc) is 3.13. The Morgan fingerprint density at radius 3 is 2.81 bits per heavy atom. The minimum Gasteiger partial charge on any atom is -0.378 e. The molecule has 26 heavy (non-hydrogen) atoms. The Hall–Kier alpha value is -2.94. The maximum Gasteiger partial charge on any atom is 0.353 e. The number of nitro groups is 1. The standard InChI is InChI=1S/C17H22N6O3/c1-22(11-12-6-3-2-4-7-12)17-20-15(18)14(23(24)25)16(21-17)19-10-13-8-5-9-26-13/h2-4,6-7,13H,5,8-11H2,1H3,(H3,18,19,20,21)/t13-/m0/s1. The van der Waals surface area contributed by atoms with Crippen molar-refractivity contribution in [3.05, 3.63) is 46.0 Å². The van der Waals surface area contributed by atoms with Crippen molar-refractivity contribution < 1.29 is 9.66 Å². The smallest absolute Gasteiger partial charge is 0.353 e. The molecule has 1 saturated heterocycles. The number of rotatable bonds is 7. The van der Waals surface area contributed by atoms with E-state index in [1.165, 1.54) is 0 Å². The number of anilines is 3. The molecule has 1 atom stereocenters. The second-order valence-electron chi connectivity index (χ2n) is 6.22. The Morgan fingerprint density at radius 2 is 2.15 bits per heavy atom. The van der Waals surface area contributed by atoms with Gasteiger partial charge in [-0.2, -0.15) is 9.97 Å². The fourth-order valence-corrected chi connectivity index (χ4v) is 2.88. The monoisotopic (exact) mass is 358 g/mol. The van der Waals surface area contributed by atoms with E-state index in [1.54, 1.807) is 4.90 Å². The van der Waals surface area contributed by atoms with Gasteiger partial charge >= 0.3 is 5.69 Å². The second-order valence-corrected chi connectivity index (χ2v) is 6.22. The zero-order valence-electron chi connectivity index (χ0n) is 14.6. The van der Waals surface area contributed by atoms with Crippen molar-refractivity contribution >= 4 is 23.3 Å². The molecule has 0 aliphatic carbocycles. The van der Waals surface area contributed by atoms with Gasteiger partial charge in [-0.25, -0.2) is 0 Å². The summed E-state index contributed by atoms with van der Waals surface area (Å²) in [5.41, 5.74) is 6.62. The fourth-order valence-electron chi connectivity index (χ4n) is 2.88. The van der Waals surface area contributed by atoms with Gasteiger partial charge in [-0.3, -0.25) is 10.1 Å². The summed E-state index contributed by atoms with van der Waals surface area (Å²) in [4.78, 5) is 21.1. The van der Waals surface area contributed by atoms with Crippen LogP contribution in [-0.4, -0.2) is 41.2 Å². The quantitative estimate of drug-likeness (QED) is 0.571. The van der Waals surface area contributed by atoms with Crippen LogP contribution in [0.1, 0.15) is 18.4 Å². The summed E-state index contributed by atoms with van der Waals surface area (Å²) >= 11 is 0. The molecule has 2 heterocycles. The van der Waals surface area contributed by atoms with Gasteiger partial charge in [0.2, 0.25) is 17.6 Å². The highest BCUT2D eigenvalue weighted by Gasteiger charge is 2.25. The van der Waals surface area contributed by atoms with Crippen molar-refractivity contribution in [2.75, 3.05) is 36.1 Å². The lowest BCUT2D eigenvalue weighted by molar-refractivity contribution is -0.383. The lowest BCUT2D eigenvalue weighted by Gasteiger charge is -2.19. The molecule has 0 spiro atoms. The number of hydrogen-bond donors (Lipinski definition) is 2. The van der Waals surface area contributed by atoms with E-state index in [2.05, 4.69) is 15.3 Å². The Labute approximate surface area is 151 Å². The summed E-state index contributed by atoms with van der Waals surface area (Å²) in [5.74, 6) is 0.287. The first-order chi connectivity index (χ1) is 12.5.